The van der Waals surface area contributed by atoms with Crippen LogP contribution >= 0.6 is 0 Å². The molecule has 0 aromatic rings. The van der Waals surface area contributed by atoms with E-state index in [0.717, 1.165) is 13.0 Å². The molecule has 2 saturated heterocycles. The summed E-state index contributed by atoms with van der Waals surface area (Å²) >= 11 is 0. The van der Waals surface area contributed by atoms with Crippen LogP contribution in [-0.4, -0.2) is 31.6 Å². The van der Waals surface area contributed by atoms with Crippen LogP contribution in [0.3, 0.4) is 0 Å². The first kappa shape index (κ1) is 8.51. The normalized spacial score (nSPS) is 42.8. The molecular weight excluding hydrogens is 176 g/mol. The highest BCUT2D eigenvalue weighted by Crippen LogP contribution is 2.43. The molecule has 0 N–H and O–H groups in total. The van der Waals surface area contributed by atoms with Crippen molar-refractivity contribution in [1.82, 2.24) is 0 Å². The molecule has 12 heavy (non-hydrogen) atoms. The van der Waals surface area contributed by atoms with Crippen molar-refractivity contribution in [3.05, 3.63) is 0 Å². The van der Waals surface area contributed by atoms with E-state index in [-0.39, 0.29) is 12.0 Å². The quantitative estimate of drug-likeness (QED) is 0.569. The molecule has 4 heteroatoms. The highest BCUT2D eigenvalue weighted by atomic mass is 32.2. The van der Waals surface area contributed by atoms with Gasteiger partial charge in [0.2, 0.25) is 0 Å². The van der Waals surface area contributed by atoms with Crippen LogP contribution in [0.2, 0.25) is 0 Å². The second kappa shape index (κ2) is 2.23. The molecule has 0 radical (unpaired) electrons. The summed E-state index contributed by atoms with van der Waals surface area (Å²) in [4.78, 5) is 0. The molecule has 0 amide bonds. The zero-order valence-corrected chi connectivity index (χ0v) is 8.23. The Labute approximate surface area is 73.0 Å². The molecule has 2 rings (SSSR count). The fourth-order valence-electron chi connectivity index (χ4n) is 2.04. The predicted octanol–water partition coefficient (Wildman–Crippen LogP) is 0.599. The third kappa shape index (κ3) is 1.01. The van der Waals surface area contributed by atoms with Crippen molar-refractivity contribution < 1.29 is 13.2 Å². The van der Waals surface area contributed by atoms with Crippen LogP contribution in [0.1, 0.15) is 20.3 Å². The first-order chi connectivity index (χ1) is 5.45. The molecule has 0 aliphatic carbocycles. The summed E-state index contributed by atoms with van der Waals surface area (Å²) in [7, 11) is -2.86. The first-order valence-corrected chi connectivity index (χ1v) is 5.94. The molecule has 2 aliphatic rings. The standard InChI is InChI=1S/C8H14O3S/c1-8(2)6(7-5-11-7)3-4-12(8,9)10/h6-7H,3-5H2,1-2H3. The highest BCUT2D eigenvalue weighted by Gasteiger charge is 2.53. The van der Waals surface area contributed by atoms with E-state index in [1.165, 1.54) is 0 Å². The topological polar surface area (TPSA) is 46.7 Å². The van der Waals surface area contributed by atoms with E-state index in [1.807, 2.05) is 13.8 Å². The highest BCUT2D eigenvalue weighted by molar-refractivity contribution is 7.93. The van der Waals surface area contributed by atoms with Crippen molar-refractivity contribution in [1.29, 1.82) is 0 Å². The smallest absolute Gasteiger partial charge is 0.155 e. The third-order valence-electron chi connectivity index (χ3n) is 3.20. The van der Waals surface area contributed by atoms with Gasteiger partial charge in [-0.15, -0.1) is 0 Å². The Hall–Kier alpha value is -0.0900. The van der Waals surface area contributed by atoms with Gasteiger partial charge in [-0.25, -0.2) is 8.42 Å². The Morgan fingerprint density at radius 2 is 2.00 bits per heavy atom. The van der Waals surface area contributed by atoms with Crippen LogP contribution < -0.4 is 0 Å². The lowest BCUT2D eigenvalue weighted by Gasteiger charge is -2.23. The zero-order chi connectivity index (χ0) is 8.98. The van der Waals surface area contributed by atoms with Gasteiger partial charge in [0.1, 0.15) is 0 Å². The van der Waals surface area contributed by atoms with E-state index in [0.29, 0.717) is 5.75 Å². The van der Waals surface area contributed by atoms with Crippen LogP contribution in [0, 0.1) is 5.92 Å². The maximum absolute atomic E-state index is 11.6. The summed E-state index contributed by atoms with van der Waals surface area (Å²) in [5, 5.41) is 0. The Kier molecular flexibility index (Phi) is 1.58. The summed E-state index contributed by atoms with van der Waals surface area (Å²) in [5.74, 6) is 0.562. The average molecular weight is 190 g/mol. The molecule has 0 aromatic carbocycles. The van der Waals surface area contributed by atoms with E-state index in [1.54, 1.807) is 0 Å². The molecule has 0 spiro atoms. The molecular formula is C8H14O3S. The van der Waals surface area contributed by atoms with Gasteiger partial charge >= 0.3 is 0 Å². The molecule has 2 heterocycles. The third-order valence-corrected chi connectivity index (χ3v) is 5.88. The average Bonchev–Trinajstić information content (AvgIpc) is 2.66. The summed E-state index contributed by atoms with van der Waals surface area (Å²) in [6.45, 7) is 4.40. The van der Waals surface area contributed by atoms with Gasteiger partial charge in [-0.1, -0.05) is 0 Å². The number of hydrogen-bond donors (Lipinski definition) is 0. The van der Waals surface area contributed by atoms with Crippen LogP contribution in [0.15, 0.2) is 0 Å². The van der Waals surface area contributed by atoms with Crippen LogP contribution in [0.5, 0.6) is 0 Å². The number of sulfone groups is 1. The van der Waals surface area contributed by atoms with E-state index < -0.39 is 14.6 Å². The second-order valence-corrected chi connectivity index (χ2v) is 6.88. The molecule has 0 bridgehead atoms. The van der Waals surface area contributed by atoms with E-state index in [4.69, 9.17) is 4.74 Å². The lowest BCUT2D eigenvalue weighted by atomic mass is 9.90. The minimum atomic E-state index is -2.86. The van der Waals surface area contributed by atoms with Crippen molar-refractivity contribution >= 4 is 9.84 Å². The zero-order valence-electron chi connectivity index (χ0n) is 7.41. The Bertz CT molecular complexity index is 287. The lowest BCUT2D eigenvalue weighted by molar-refractivity contribution is 0.292. The first-order valence-electron chi connectivity index (χ1n) is 4.29. The number of ether oxygens (including phenoxy) is 1. The van der Waals surface area contributed by atoms with Crippen LogP contribution in [0.25, 0.3) is 0 Å². The van der Waals surface area contributed by atoms with Crippen molar-refractivity contribution in [2.45, 2.75) is 31.1 Å². The maximum Gasteiger partial charge on any atom is 0.155 e. The van der Waals surface area contributed by atoms with Crippen molar-refractivity contribution in [2.75, 3.05) is 12.4 Å². The van der Waals surface area contributed by atoms with Crippen LogP contribution in [0.4, 0.5) is 0 Å². The Balaban J connectivity index is 2.31. The molecule has 2 fully saturated rings. The van der Waals surface area contributed by atoms with Gasteiger partial charge in [-0.3, -0.25) is 0 Å². The van der Waals surface area contributed by atoms with Gasteiger partial charge in [-0.2, -0.15) is 0 Å². The van der Waals surface area contributed by atoms with Gasteiger partial charge in [-0.05, 0) is 20.3 Å². The SMILES string of the molecule is CC1(C)C(C2CO2)CCS1(=O)=O. The van der Waals surface area contributed by atoms with E-state index in [2.05, 4.69) is 0 Å². The van der Waals surface area contributed by atoms with Gasteiger partial charge in [0.15, 0.2) is 9.84 Å². The molecule has 2 unspecified atom stereocenters. The number of rotatable bonds is 1. The maximum atomic E-state index is 11.6. The van der Waals surface area contributed by atoms with Gasteiger partial charge in [0.05, 0.1) is 23.2 Å². The minimum Gasteiger partial charge on any atom is -0.373 e. The Morgan fingerprint density at radius 1 is 1.42 bits per heavy atom. The molecule has 3 nitrogen and oxygen atoms in total. The van der Waals surface area contributed by atoms with Crippen molar-refractivity contribution in [3.63, 3.8) is 0 Å². The van der Waals surface area contributed by atoms with Gasteiger partial charge < -0.3 is 4.74 Å². The fourth-order valence-corrected chi connectivity index (χ4v) is 3.87. The largest absolute Gasteiger partial charge is 0.373 e. The molecule has 2 atom stereocenters. The number of hydrogen-bond acceptors (Lipinski definition) is 3. The summed E-state index contributed by atoms with van der Waals surface area (Å²) in [6, 6.07) is 0. The van der Waals surface area contributed by atoms with Crippen molar-refractivity contribution in [3.8, 4) is 0 Å². The molecule has 0 aromatic heterocycles. The lowest BCUT2D eigenvalue weighted by Crippen LogP contribution is -2.36. The Morgan fingerprint density at radius 3 is 2.33 bits per heavy atom. The monoisotopic (exact) mass is 190 g/mol. The fraction of sp³-hybridized carbons (Fsp3) is 1.00. The molecule has 70 valence electrons. The van der Waals surface area contributed by atoms with Crippen molar-refractivity contribution in [2.24, 2.45) is 5.92 Å². The second-order valence-electron chi connectivity index (χ2n) is 4.19. The number of epoxide rings is 1. The summed E-state index contributed by atoms with van der Waals surface area (Å²) in [5.41, 5.74) is 0. The minimum absolute atomic E-state index is 0.220. The molecule has 0 saturated carbocycles. The van der Waals surface area contributed by atoms with E-state index in [9.17, 15) is 8.42 Å². The van der Waals surface area contributed by atoms with Crippen LogP contribution in [-0.2, 0) is 14.6 Å². The van der Waals surface area contributed by atoms with Gasteiger partial charge in [0.25, 0.3) is 0 Å². The summed E-state index contributed by atoms with van der Waals surface area (Å²) in [6.07, 6.45) is 0.997. The summed E-state index contributed by atoms with van der Waals surface area (Å²) < 4.78 is 27.7. The van der Waals surface area contributed by atoms with E-state index >= 15 is 0 Å². The van der Waals surface area contributed by atoms with Gasteiger partial charge in [0, 0.05) is 5.92 Å². The predicted molar refractivity (Wildman–Crippen MR) is 45.7 cm³/mol. The molecule has 2 aliphatic heterocycles.